The normalized spacial score (nSPS) is 10.2. The second-order valence-corrected chi connectivity index (χ2v) is 2.80. The molecule has 0 aliphatic heterocycles. The lowest BCUT2D eigenvalue weighted by Crippen LogP contribution is -1.99. The Labute approximate surface area is 70.0 Å². The summed E-state index contributed by atoms with van der Waals surface area (Å²) in [5.41, 5.74) is 6.83. The zero-order valence-corrected chi connectivity index (χ0v) is 6.95. The topological polar surface area (TPSA) is 26.0 Å². The Bertz CT molecular complexity index is 273. The molecule has 0 fully saturated rings. The van der Waals surface area contributed by atoms with E-state index < -0.39 is 5.82 Å². The lowest BCUT2D eigenvalue weighted by atomic mass is 10.1. The molecule has 1 aromatic rings. The summed E-state index contributed by atoms with van der Waals surface area (Å²) in [6.07, 6.45) is 0. The van der Waals surface area contributed by atoms with Gasteiger partial charge in [0, 0.05) is 6.54 Å². The predicted molar refractivity (Wildman–Crippen MR) is 44.0 cm³/mol. The van der Waals surface area contributed by atoms with Gasteiger partial charge in [-0.25, -0.2) is 4.39 Å². The third-order valence-corrected chi connectivity index (χ3v) is 1.89. The van der Waals surface area contributed by atoms with E-state index >= 15 is 0 Å². The summed E-state index contributed by atoms with van der Waals surface area (Å²) in [4.78, 5) is 0. The van der Waals surface area contributed by atoms with Crippen molar-refractivity contribution in [2.24, 2.45) is 5.73 Å². The number of hydrogen-bond acceptors (Lipinski definition) is 1. The second kappa shape index (κ2) is 3.20. The fourth-order valence-corrected chi connectivity index (χ4v) is 1.13. The van der Waals surface area contributed by atoms with E-state index in [0.717, 1.165) is 5.56 Å². The van der Waals surface area contributed by atoms with Gasteiger partial charge >= 0.3 is 0 Å². The van der Waals surface area contributed by atoms with Gasteiger partial charge in [-0.15, -0.1) is 0 Å². The van der Waals surface area contributed by atoms with Crippen molar-refractivity contribution in [3.63, 3.8) is 0 Å². The van der Waals surface area contributed by atoms with E-state index in [1.54, 1.807) is 13.0 Å². The highest BCUT2D eigenvalue weighted by molar-refractivity contribution is 6.31. The molecule has 11 heavy (non-hydrogen) atoms. The Morgan fingerprint density at radius 3 is 2.73 bits per heavy atom. The van der Waals surface area contributed by atoms with Crippen molar-refractivity contribution >= 4 is 11.6 Å². The van der Waals surface area contributed by atoms with Crippen LogP contribution in [0.15, 0.2) is 12.1 Å². The summed E-state index contributed by atoms with van der Waals surface area (Å²) in [6.45, 7) is 2.08. The Morgan fingerprint density at radius 2 is 2.18 bits per heavy atom. The zero-order chi connectivity index (χ0) is 8.43. The van der Waals surface area contributed by atoms with Crippen molar-refractivity contribution in [2.45, 2.75) is 13.5 Å². The van der Waals surface area contributed by atoms with Crippen molar-refractivity contribution in [1.82, 2.24) is 0 Å². The van der Waals surface area contributed by atoms with Crippen LogP contribution in [0.5, 0.6) is 0 Å². The largest absolute Gasteiger partial charge is 0.326 e. The summed E-state index contributed by atoms with van der Waals surface area (Å²) in [7, 11) is 0. The molecule has 3 heteroatoms. The molecular formula is C8H9ClFN. The van der Waals surface area contributed by atoms with Crippen LogP contribution in [0.1, 0.15) is 11.1 Å². The molecule has 0 unspecified atom stereocenters. The zero-order valence-electron chi connectivity index (χ0n) is 6.20. The van der Waals surface area contributed by atoms with Crippen LogP contribution in [-0.2, 0) is 6.54 Å². The molecule has 0 radical (unpaired) electrons. The molecule has 1 rings (SSSR count). The SMILES string of the molecule is Cc1cc(F)c(Cl)c(CN)c1. The predicted octanol–water partition coefficient (Wildman–Crippen LogP) is 2.25. The average Bonchev–Trinajstić information content (AvgIpc) is 1.96. The molecule has 2 N–H and O–H groups in total. The number of rotatable bonds is 1. The minimum absolute atomic E-state index is 0.137. The fraction of sp³-hybridized carbons (Fsp3) is 0.250. The molecule has 0 saturated carbocycles. The van der Waals surface area contributed by atoms with E-state index in [2.05, 4.69) is 0 Å². The summed E-state index contributed by atoms with van der Waals surface area (Å²) in [5.74, 6) is -0.396. The van der Waals surface area contributed by atoms with Crippen LogP contribution in [0.25, 0.3) is 0 Å². The van der Waals surface area contributed by atoms with Gasteiger partial charge in [0.25, 0.3) is 0 Å². The van der Waals surface area contributed by atoms with E-state index in [4.69, 9.17) is 17.3 Å². The Morgan fingerprint density at radius 1 is 1.55 bits per heavy atom. The van der Waals surface area contributed by atoms with Gasteiger partial charge in [0.15, 0.2) is 0 Å². The molecule has 60 valence electrons. The van der Waals surface area contributed by atoms with Gasteiger partial charge in [0.2, 0.25) is 0 Å². The van der Waals surface area contributed by atoms with Crippen LogP contribution >= 0.6 is 11.6 Å². The molecular weight excluding hydrogens is 165 g/mol. The molecule has 0 amide bonds. The molecule has 1 aromatic carbocycles. The Balaban J connectivity index is 3.24. The van der Waals surface area contributed by atoms with E-state index in [1.807, 2.05) is 0 Å². The van der Waals surface area contributed by atoms with Gasteiger partial charge < -0.3 is 5.73 Å². The van der Waals surface area contributed by atoms with E-state index in [1.165, 1.54) is 6.07 Å². The molecule has 0 aliphatic rings. The van der Waals surface area contributed by atoms with E-state index in [9.17, 15) is 4.39 Å². The first kappa shape index (κ1) is 8.50. The van der Waals surface area contributed by atoms with Crippen molar-refractivity contribution in [1.29, 1.82) is 0 Å². The van der Waals surface area contributed by atoms with Crippen LogP contribution in [0.4, 0.5) is 4.39 Å². The average molecular weight is 174 g/mol. The molecule has 0 bridgehead atoms. The van der Waals surface area contributed by atoms with Gasteiger partial charge in [0.05, 0.1) is 5.02 Å². The maximum absolute atomic E-state index is 12.8. The van der Waals surface area contributed by atoms with Crippen LogP contribution in [0.2, 0.25) is 5.02 Å². The molecule has 0 aliphatic carbocycles. The number of aryl methyl sites for hydroxylation is 1. The van der Waals surface area contributed by atoms with Gasteiger partial charge in [-0.2, -0.15) is 0 Å². The van der Waals surface area contributed by atoms with Crippen LogP contribution in [-0.4, -0.2) is 0 Å². The first-order chi connectivity index (χ1) is 5.15. The summed E-state index contributed by atoms with van der Waals surface area (Å²) >= 11 is 5.61. The van der Waals surface area contributed by atoms with E-state index in [-0.39, 0.29) is 11.6 Å². The van der Waals surface area contributed by atoms with Crippen LogP contribution in [0.3, 0.4) is 0 Å². The number of hydrogen-bond donors (Lipinski definition) is 1. The molecule has 0 aromatic heterocycles. The van der Waals surface area contributed by atoms with Crippen LogP contribution in [0, 0.1) is 12.7 Å². The Kier molecular flexibility index (Phi) is 2.47. The van der Waals surface area contributed by atoms with Gasteiger partial charge in [-0.05, 0) is 24.1 Å². The summed E-state index contributed by atoms with van der Waals surface area (Å²) < 4.78 is 12.8. The number of nitrogens with two attached hydrogens (primary N) is 1. The van der Waals surface area contributed by atoms with Gasteiger partial charge in [-0.1, -0.05) is 17.7 Å². The highest BCUT2D eigenvalue weighted by atomic mass is 35.5. The molecule has 0 saturated heterocycles. The van der Waals surface area contributed by atoms with Gasteiger partial charge in [-0.3, -0.25) is 0 Å². The van der Waals surface area contributed by atoms with Crippen molar-refractivity contribution in [2.75, 3.05) is 0 Å². The van der Waals surface area contributed by atoms with Crippen molar-refractivity contribution < 1.29 is 4.39 Å². The summed E-state index contributed by atoms with van der Waals surface area (Å²) in [6, 6.07) is 3.17. The highest BCUT2D eigenvalue weighted by Gasteiger charge is 2.04. The maximum Gasteiger partial charge on any atom is 0.142 e. The molecule has 1 nitrogen and oxygen atoms in total. The highest BCUT2D eigenvalue weighted by Crippen LogP contribution is 2.20. The van der Waals surface area contributed by atoms with Crippen molar-refractivity contribution in [3.05, 3.63) is 34.1 Å². The summed E-state index contributed by atoms with van der Waals surface area (Å²) in [5, 5.41) is 0.137. The molecule has 0 atom stereocenters. The third-order valence-electron chi connectivity index (χ3n) is 1.47. The second-order valence-electron chi connectivity index (χ2n) is 2.42. The third kappa shape index (κ3) is 1.70. The fourth-order valence-electron chi connectivity index (χ4n) is 0.945. The lowest BCUT2D eigenvalue weighted by Gasteiger charge is -2.02. The monoisotopic (exact) mass is 173 g/mol. The number of halogens is 2. The molecule has 0 spiro atoms. The Hall–Kier alpha value is -0.600. The number of benzene rings is 1. The van der Waals surface area contributed by atoms with Crippen molar-refractivity contribution in [3.8, 4) is 0 Å². The molecule has 0 heterocycles. The first-order valence-corrected chi connectivity index (χ1v) is 3.67. The maximum atomic E-state index is 12.8. The van der Waals surface area contributed by atoms with E-state index in [0.29, 0.717) is 5.56 Å². The lowest BCUT2D eigenvalue weighted by molar-refractivity contribution is 0.624. The smallest absolute Gasteiger partial charge is 0.142 e. The minimum atomic E-state index is -0.396. The quantitative estimate of drug-likeness (QED) is 0.693. The van der Waals surface area contributed by atoms with Crippen LogP contribution < -0.4 is 5.73 Å². The first-order valence-electron chi connectivity index (χ1n) is 3.29. The van der Waals surface area contributed by atoms with Gasteiger partial charge in [0.1, 0.15) is 5.82 Å². The standard InChI is InChI=1S/C8H9ClFN/c1-5-2-6(4-11)8(9)7(10)3-5/h2-3H,4,11H2,1H3. The minimum Gasteiger partial charge on any atom is -0.326 e.